The van der Waals surface area contributed by atoms with Crippen molar-refractivity contribution in [2.24, 2.45) is 0 Å². The number of rotatable bonds is 2. The Balaban J connectivity index is 1.78. The summed E-state index contributed by atoms with van der Waals surface area (Å²) in [5, 5.41) is 0.674. The third-order valence-electron chi connectivity index (χ3n) is 3.10. The number of amides is 2. The first-order valence-electron chi connectivity index (χ1n) is 6.44. The third-order valence-corrected chi connectivity index (χ3v) is 3.10. The molecule has 2 heterocycles. The molecule has 0 radical (unpaired) electrons. The minimum Gasteiger partial charge on any atom is -0.459 e. The minimum absolute atomic E-state index is 0.0879. The zero-order chi connectivity index (χ0) is 15.5. The Morgan fingerprint density at radius 3 is 2.59 bits per heavy atom. The lowest BCUT2D eigenvalue weighted by molar-refractivity contribution is 0.0831. The standard InChI is InChI=1S/C15H12N4O3/c16-13-9-4-1-2-5-11(9)17-8-10(13)14(20)18-19-15(21)12-6-3-7-22-12/h1-8H,(H2,16,17)(H,18,20)(H,19,21). The summed E-state index contributed by atoms with van der Waals surface area (Å²) in [5.41, 5.74) is 11.7. The lowest BCUT2D eigenvalue weighted by Crippen LogP contribution is -2.41. The van der Waals surface area contributed by atoms with Gasteiger partial charge in [0, 0.05) is 11.6 Å². The Kier molecular flexibility index (Phi) is 3.45. The highest BCUT2D eigenvalue weighted by Crippen LogP contribution is 2.22. The number of furan rings is 1. The fourth-order valence-corrected chi connectivity index (χ4v) is 1.99. The minimum atomic E-state index is -0.564. The van der Waals surface area contributed by atoms with E-state index in [9.17, 15) is 9.59 Å². The smallest absolute Gasteiger partial charge is 0.305 e. The summed E-state index contributed by atoms with van der Waals surface area (Å²) in [7, 11) is 0. The second kappa shape index (κ2) is 5.57. The maximum absolute atomic E-state index is 12.1. The lowest BCUT2D eigenvalue weighted by atomic mass is 10.1. The highest BCUT2D eigenvalue weighted by atomic mass is 16.3. The maximum atomic E-state index is 12.1. The van der Waals surface area contributed by atoms with Crippen molar-refractivity contribution in [3.8, 4) is 0 Å². The van der Waals surface area contributed by atoms with Crippen LogP contribution in [0.15, 0.2) is 53.3 Å². The molecule has 0 saturated carbocycles. The number of nitrogens with zero attached hydrogens (tertiary/aromatic N) is 1. The van der Waals surface area contributed by atoms with E-state index in [1.165, 1.54) is 18.5 Å². The van der Waals surface area contributed by atoms with Crippen molar-refractivity contribution in [3.05, 3.63) is 60.2 Å². The number of carbonyl (C=O) groups is 2. The van der Waals surface area contributed by atoms with Gasteiger partial charge in [-0.2, -0.15) is 0 Å². The number of fused-ring (bicyclic) bond motifs is 1. The molecule has 7 nitrogen and oxygen atoms in total. The molecule has 0 aliphatic rings. The average molecular weight is 296 g/mol. The van der Waals surface area contributed by atoms with Crippen LogP contribution in [0.25, 0.3) is 10.9 Å². The number of para-hydroxylation sites is 1. The Morgan fingerprint density at radius 2 is 1.82 bits per heavy atom. The Morgan fingerprint density at radius 1 is 1.05 bits per heavy atom. The third kappa shape index (κ3) is 2.47. The van der Waals surface area contributed by atoms with Crippen LogP contribution in [0.2, 0.25) is 0 Å². The van der Waals surface area contributed by atoms with E-state index in [0.29, 0.717) is 16.6 Å². The van der Waals surface area contributed by atoms with E-state index in [1.807, 2.05) is 6.07 Å². The van der Waals surface area contributed by atoms with Gasteiger partial charge in [-0.25, -0.2) is 0 Å². The van der Waals surface area contributed by atoms with E-state index in [0.717, 1.165) is 0 Å². The quantitative estimate of drug-likeness (QED) is 0.620. The molecule has 0 atom stereocenters. The molecule has 0 spiro atoms. The van der Waals surface area contributed by atoms with E-state index in [2.05, 4.69) is 15.8 Å². The monoisotopic (exact) mass is 296 g/mol. The summed E-state index contributed by atoms with van der Waals surface area (Å²) in [6, 6.07) is 10.3. The van der Waals surface area contributed by atoms with Crippen LogP contribution in [0.3, 0.4) is 0 Å². The van der Waals surface area contributed by atoms with Crippen LogP contribution in [-0.4, -0.2) is 16.8 Å². The molecule has 110 valence electrons. The van der Waals surface area contributed by atoms with Crippen molar-refractivity contribution in [1.82, 2.24) is 15.8 Å². The zero-order valence-electron chi connectivity index (χ0n) is 11.4. The molecule has 0 aliphatic carbocycles. The van der Waals surface area contributed by atoms with Gasteiger partial charge in [0.15, 0.2) is 5.76 Å². The molecular weight excluding hydrogens is 284 g/mol. The molecule has 3 rings (SSSR count). The molecule has 2 aromatic heterocycles. The molecule has 0 aliphatic heterocycles. The van der Waals surface area contributed by atoms with Crippen LogP contribution in [0.4, 0.5) is 5.69 Å². The summed E-state index contributed by atoms with van der Waals surface area (Å²) in [4.78, 5) is 27.9. The van der Waals surface area contributed by atoms with Gasteiger partial charge in [-0.1, -0.05) is 18.2 Å². The van der Waals surface area contributed by atoms with Crippen molar-refractivity contribution in [1.29, 1.82) is 0 Å². The molecule has 4 N–H and O–H groups in total. The number of carbonyl (C=O) groups excluding carboxylic acids is 2. The van der Waals surface area contributed by atoms with Crippen LogP contribution < -0.4 is 16.6 Å². The number of benzene rings is 1. The molecule has 0 saturated heterocycles. The highest BCUT2D eigenvalue weighted by molar-refractivity contribution is 6.06. The summed E-state index contributed by atoms with van der Waals surface area (Å²) < 4.78 is 4.91. The fourth-order valence-electron chi connectivity index (χ4n) is 1.99. The van der Waals surface area contributed by atoms with Crippen molar-refractivity contribution in [3.63, 3.8) is 0 Å². The number of hydrogen-bond acceptors (Lipinski definition) is 5. The fraction of sp³-hybridized carbons (Fsp3) is 0. The van der Waals surface area contributed by atoms with Gasteiger partial charge in [-0.05, 0) is 18.2 Å². The van der Waals surface area contributed by atoms with E-state index in [4.69, 9.17) is 10.2 Å². The van der Waals surface area contributed by atoms with Crippen LogP contribution in [0.5, 0.6) is 0 Å². The second-order valence-electron chi connectivity index (χ2n) is 4.49. The predicted octanol–water partition coefficient (Wildman–Crippen LogP) is 1.48. The number of hydrazine groups is 1. The van der Waals surface area contributed by atoms with Crippen LogP contribution in [0.1, 0.15) is 20.9 Å². The van der Waals surface area contributed by atoms with Crippen molar-refractivity contribution < 1.29 is 14.0 Å². The molecule has 0 bridgehead atoms. The van der Waals surface area contributed by atoms with Gasteiger partial charge in [0.2, 0.25) is 0 Å². The first-order chi connectivity index (χ1) is 10.7. The normalized spacial score (nSPS) is 10.4. The van der Waals surface area contributed by atoms with Crippen LogP contribution >= 0.6 is 0 Å². The first-order valence-corrected chi connectivity index (χ1v) is 6.44. The molecule has 2 amide bonds. The van der Waals surface area contributed by atoms with Crippen molar-refractivity contribution >= 4 is 28.4 Å². The maximum Gasteiger partial charge on any atom is 0.305 e. The van der Waals surface area contributed by atoms with Gasteiger partial charge in [-0.15, -0.1) is 0 Å². The van der Waals surface area contributed by atoms with Gasteiger partial charge in [0.25, 0.3) is 5.91 Å². The first kappa shape index (κ1) is 13.6. The Bertz CT molecular complexity index is 843. The molecule has 0 unspecified atom stereocenters. The van der Waals surface area contributed by atoms with E-state index in [-0.39, 0.29) is 11.3 Å². The van der Waals surface area contributed by atoms with E-state index < -0.39 is 11.8 Å². The second-order valence-corrected chi connectivity index (χ2v) is 4.49. The number of nitrogen functional groups attached to an aromatic ring is 1. The largest absolute Gasteiger partial charge is 0.459 e. The zero-order valence-corrected chi connectivity index (χ0v) is 11.4. The number of nitrogens with two attached hydrogens (primary N) is 1. The summed E-state index contributed by atoms with van der Waals surface area (Å²) in [5.74, 6) is -1.04. The number of pyridine rings is 1. The average Bonchev–Trinajstić information content (AvgIpc) is 3.07. The number of nitrogens with one attached hydrogen (secondary N) is 2. The van der Waals surface area contributed by atoms with Gasteiger partial charge in [0.1, 0.15) is 0 Å². The number of hydrogen-bond donors (Lipinski definition) is 3. The molecule has 0 fully saturated rings. The highest BCUT2D eigenvalue weighted by Gasteiger charge is 2.15. The lowest BCUT2D eigenvalue weighted by Gasteiger charge is -2.09. The molecule has 1 aromatic carbocycles. The van der Waals surface area contributed by atoms with Crippen LogP contribution in [-0.2, 0) is 0 Å². The summed E-state index contributed by atoms with van der Waals surface area (Å²) in [6.07, 6.45) is 2.73. The molecular formula is C15H12N4O3. The molecule has 3 aromatic rings. The molecule has 7 heteroatoms. The predicted molar refractivity (Wildman–Crippen MR) is 79.8 cm³/mol. The Hall–Kier alpha value is -3.35. The van der Waals surface area contributed by atoms with Crippen molar-refractivity contribution in [2.45, 2.75) is 0 Å². The molecule has 22 heavy (non-hydrogen) atoms. The van der Waals surface area contributed by atoms with E-state index >= 15 is 0 Å². The summed E-state index contributed by atoms with van der Waals surface area (Å²) >= 11 is 0. The van der Waals surface area contributed by atoms with Crippen LogP contribution in [0, 0.1) is 0 Å². The van der Waals surface area contributed by atoms with Gasteiger partial charge in [0.05, 0.1) is 23.0 Å². The van der Waals surface area contributed by atoms with Gasteiger partial charge in [-0.3, -0.25) is 25.4 Å². The number of aromatic nitrogens is 1. The topological polar surface area (TPSA) is 110 Å². The SMILES string of the molecule is Nc1c(C(=O)NNC(=O)c2ccco2)cnc2ccccc12. The van der Waals surface area contributed by atoms with Crippen molar-refractivity contribution in [2.75, 3.05) is 5.73 Å². The Labute approximate surface area is 125 Å². The van der Waals surface area contributed by atoms with E-state index in [1.54, 1.807) is 24.3 Å². The summed E-state index contributed by atoms with van der Waals surface area (Å²) in [6.45, 7) is 0. The van der Waals surface area contributed by atoms with Gasteiger partial charge >= 0.3 is 5.91 Å². The number of anilines is 1. The van der Waals surface area contributed by atoms with Gasteiger partial charge < -0.3 is 10.2 Å².